The third-order valence-corrected chi connectivity index (χ3v) is 5.35. The van der Waals surface area contributed by atoms with Gasteiger partial charge in [-0.15, -0.1) is 10.2 Å². The molecule has 0 spiro atoms. The average molecular weight is 410 g/mol. The van der Waals surface area contributed by atoms with E-state index in [-0.39, 0.29) is 11.8 Å². The first kappa shape index (κ1) is 19.3. The van der Waals surface area contributed by atoms with Gasteiger partial charge in [-0.05, 0) is 36.4 Å². The molecule has 148 valence electrons. The quantitative estimate of drug-likeness (QED) is 0.591. The van der Waals surface area contributed by atoms with Crippen molar-refractivity contribution in [2.45, 2.75) is 32.2 Å². The first-order valence-corrected chi connectivity index (χ1v) is 10.2. The minimum Gasteiger partial charge on any atom is -0.447 e. The Hall–Kier alpha value is -3.00. The molecule has 0 aliphatic carbocycles. The van der Waals surface area contributed by atoms with Gasteiger partial charge in [-0.25, -0.2) is 4.39 Å². The molecule has 0 saturated carbocycles. The molecule has 1 aliphatic heterocycles. The number of thioether (sulfide) groups is 1. The maximum absolute atomic E-state index is 14.1. The fourth-order valence-electron chi connectivity index (χ4n) is 3.33. The lowest BCUT2D eigenvalue weighted by Gasteiger charge is -2.30. The number of hydrogen-bond acceptors (Lipinski definition) is 6. The molecule has 0 radical (unpaired) electrons. The van der Waals surface area contributed by atoms with Crippen molar-refractivity contribution in [1.29, 1.82) is 0 Å². The summed E-state index contributed by atoms with van der Waals surface area (Å²) in [7, 11) is 0. The van der Waals surface area contributed by atoms with Gasteiger partial charge in [0.2, 0.25) is 23.2 Å². The van der Waals surface area contributed by atoms with Crippen LogP contribution in [0.5, 0.6) is 5.88 Å². The summed E-state index contributed by atoms with van der Waals surface area (Å²) in [4.78, 5) is 18.7. The maximum atomic E-state index is 14.1. The number of amides is 1. The summed E-state index contributed by atoms with van der Waals surface area (Å²) in [5, 5.41) is 8.86. The molecule has 0 fully saturated rings. The molecule has 8 heteroatoms. The second-order valence-electron chi connectivity index (χ2n) is 6.56. The van der Waals surface area contributed by atoms with Crippen LogP contribution in [0.25, 0.3) is 11.3 Å². The first-order chi connectivity index (χ1) is 14.0. The van der Waals surface area contributed by atoms with E-state index in [4.69, 9.17) is 4.74 Å². The Bertz CT molecular complexity index is 1090. The highest BCUT2D eigenvalue weighted by Gasteiger charge is 2.35. The number of hydrogen-bond donors (Lipinski definition) is 0. The highest BCUT2D eigenvalue weighted by Crippen LogP contribution is 2.44. The lowest BCUT2D eigenvalue weighted by molar-refractivity contribution is -0.118. The molecule has 29 heavy (non-hydrogen) atoms. The molecule has 0 unspecified atom stereocenters. The van der Waals surface area contributed by atoms with E-state index in [2.05, 4.69) is 15.2 Å². The second kappa shape index (κ2) is 7.79. The van der Waals surface area contributed by atoms with Gasteiger partial charge in [0, 0.05) is 18.1 Å². The van der Waals surface area contributed by atoms with E-state index in [1.54, 1.807) is 6.07 Å². The Morgan fingerprint density at radius 3 is 2.76 bits per heavy atom. The SMILES string of the molecule is CCSc1nnc2c(n1)O[C@@H](c1ccccc1C)N(C(C)=O)c1ccc(F)cc1-2. The molecular weight excluding hydrogens is 391 g/mol. The Labute approximate surface area is 172 Å². The van der Waals surface area contributed by atoms with Crippen molar-refractivity contribution in [2.75, 3.05) is 10.7 Å². The van der Waals surface area contributed by atoms with Crippen LogP contribution in [-0.2, 0) is 4.79 Å². The molecule has 1 aromatic heterocycles. The fraction of sp³-hybridized carbons (Fsp3) is 0.238. The summed E-state index contributed by atoms with van der Waals surface area (Å²) < 4.78 is 20.4. The molecule has 0 N–H and O–H groups in total. The van der Waals surface area contributed by atoms with Crippen LogP contribution >= 0.6 is 11.8 Å². The number of aryl methyl sites for hydroxylation is 1. The van der Waals surface area contributed by atoms with Crippen LogP contribution in [0.4, 0.5) is 10.1 Å². The molecule has 0 bridgehead atoms. The third kappa shape index (κ3) is 3.55. The zero-order valence-corrected chi connectivity index (χ0v) is 17.0. The Morgan fingerprint density at radius 2 is 2.03 bits per heavy atom. The van der Waals surface area contributed by atoms with Crippen LogP contribution in [0.1, 0.15) is 31.2 Å². The topological polar surface area (TPSA) is 68.2 Å². The number of benzene rings is 2. The summed E-state index contributed by atoms with van der Waals surface area (Å²) in [6.45, 7) is 5.39. The van der Waals surface area contributed by atoms with Gasteiger partial charge >= 0.3 is 0 Å². The Balaban J connectivity index is 1.99. The molecule has 2 aromatic carbocycles. The Kier molecular flexibility index (Phi) is 5.19. The number of anilines is 1. The van der Waals surface area contributed by atoms with E-state index >= 15 is 0 Å². The van der Waals surface area contributed by atoms with E-state index in [0.29, 0.717) is 22.1 Å². The fourth-order valence-corrected chi connectivity index (χ4v) is 3.84. The monoisotopic (exact) mass is 410 g/mol. The smallest absolute Gasteiger partial charge is 0.247 e. The molecule has 0 saturated heterocycles. The van der Waals surface area contributed by atoms with Gasteiger partial charge in [-0.2, -0.15) is 4.98 Å². The highest BCUT2D eigenvalue weighted by molar-refractivity contribution is 7.99. The molecule has 3 aromatic rings. The van der Waals surface area contributed by atoms with Crippen molar-refractivity contribution in [1.82, 2.24) is 15.2 Å². The van der Waals surface area contributed by atoms with Crippen molar-refractivity contribution < 1.29 is 13.9 Å². The minimum absolute atomic E-state index is 0.222. The molecular formula is C21H19FN4O2S. The summed E-state index contributed by atoms with van der Waals surface area (Å²) in [6.07, 6.45) is -0.768. The van der Waals surface area contributed by atoms with Crippen LogP contribution in [0.2, 0.25) is 0 Å². The van der Waals surface area contributed by atoms with E-state index < -0.39 is 12.0 Å². The van der Waals surface area contributed by atoms with Crippen LogP contribution in [-0.4, -0.2) is 26.8 Å². The van der Waals surface area contributed by atoms with E-state index in [1.165, 1.54) is 35.7 Å². The van der Waals surface area contributed by atoms with Crippen molar-refractivity contribution in [3.63, 3.8) is 0 Å². The van der Waals surface area contributed by atoms with Crippen LogP contribution in [0.15, 0.2) is 47.6 Å². The number of nitrogens with zero attached hydrogens (tertiary/aromatic N) is 4. The standard InChI is InChI=1S/C21H19FN4O2S/c1-4-29-21-23-19-18(24-25-21)16-11-14(22)9-10-17(16)26(13(3)27)20(28-19)15-8-6-5-7-12(15)2/h5-11,20H,4H2,1-3H3/t20-/m0/s1. The number of halogens is 1. The van der Waals surface area contributed by atoms with Gasteiger partial charge in [0.1, 0.15) is 5.82 Å². The van der Waals surface area contributed by atoms with Crippen molar-refractivity contribution >= 4 is 23.4 Å². The largest absolute Gasteiger partial charge is 0.447 e. The molecule has 1 atom stereocenters. The number of carbonyl (C=O) groups is 1. The molecule has 6 nitrogen and oxygen atoms in total. The second-order valence-corrected chi connectivity index (χ2v) is 7.79. The average Bonchev–Trinajstić information content (AvgIpc) is 2.82. The summed E-state index contributed by atoms with van der Waals surface area (Å²) in [5.41, 5.74) is 3.00. The Morgan fingerprint density at radius 1 is 1.24 bits per heavy atom. The van der Waals surface area contributed by atoms with E-state index in [0.717, 1.165) is 16.9 Å². The van der Waals surface area contributed by atoms with Gasteiger partial charge in [0.25, 0.3) is 0 Å². The minimum atomic E-state index is -0.768. The normalized spacial score (nSPS) is 15.2. The van der Waals surface area contributed by atoms with Crippen molar-refractivity contribution in [2.24, 2.45) is 0 Å². The zero-order chi connectivity index (χ0) is 20.5. The van der Waals surface area contributed by atoms with Gasteiger partial charge < -0.3 is 4.74 Å². The summed E-state index contributed by atoms with van der Waals surface area (Å²) in [6, 6.07) is 11.9. The number of carbonyl (C=O) groups excluding carboxylic acids is 1. The number of fused-ring (bicyclic) bond motifs is 3. The maximum Gasteiger partial charge on any atom is 0.247 e. The van der Waals surface area contributed by atoms with E-state index in [9.17, 15) is 9.18 Å². The predicted molar refractivity (Wildman–Crippen MR) is 109 cm³/mol. The van der Waals surface area contributed by atoms with Gasteiger partial charge in [-0.3, -0.25) is 9.69 Å². The molecule has 1 amide bonds. The van der Waals surface area contributed by atoms with Crippen LogP contribution < -0.4 is 9.64 Å². The van der Waals surface area contributed by atoms with Gasteiger partial charge in [0.05, 0.1) is 5.69 Å². The lowest BCUT2D eigenvalue weighted by atomic mass is 10.0. The van der Waals surface area contributed by atoms with Gasteiger partial charge in [-0.1, -0.05) is 43.0 Å². The van der Waals surface area contributed by atoms with Crippen molar-refractivity contribution in [3.05, 3.63) is 59.4 Å². The highest BCUT2D eigenvalue weighted by atomic mass is 32.2. The summed E-state index contributed by atoms with van der Waals surface area (Å²) in [5.74, 6) is 0.308. The molecule has 2 heterocycles. The van der Waals surface area contributed by atoms with Gasteiger partial charge in [0.15, 0.2) is 5.69 Å². The number of ether oxygens (including phenoxy) is 1. The zero-order valence-electron chi connectivity index (χ0n) is 16.2. The van der Waals surface area contributed by atoms with E-state index in [1.807, 2.05) is 38.1 Å². The third-order valence-electron chi connectivity index (χ3n) is 4.63. The lowest BCUT2D eigenvalue weighted by Crippen LogP contribution is -2.36. The first-order valence-electron chi connectivity index (χ1n) is 9.19. The number of rotatable bonds is 3. The predicted octanol–water partition coefficient (Wildman–Crippen LogP) is 4.54. The van der Waals surface area contributed by atoms with Crippen LogP contribution in [0.3, 0.4) is 0 Å². The van der Waals surface area contributed by atoms with Crippen molar-refractivity contribution in [3.8, 4) is 17.1 Å². The number of aromatic nitrogens is 3. The molecule has 4 rings (SSSR count). The molecule has 1 aliphatic rings. The van der Waals surface area contributed by atoms with Crippen LogP contribution in [0, 0.1) is 12.7 Å². The summed E-state index contributed by atoms with van der Waals surface area (Å²) >= 11 is 1.43.